The summed E-state index contributed by atoms with van der Waals surface area (Å²) in [5.74, 6) is 0.757. The molecule has 0 radical (unpaired) electrons. The monoisotopic (exact) mass is 407 g/mol. The van der Waals surface area contributed by atoms with Crippen LogP contribution in [0.3, 0.4) is 0 Å². The second-order valence-electron chi connectivity index (χ2n) is 6.62. The largest absolute Gasteiger partial charge is 0.494 e. The molecule has 0 saturated heterocycles. The summed E-state index contributed by atoms with van der Waals surface area (Å²) in [6.45, 7) is 6.27. The summed E-state index contributed by atoms with van der Waals surface area (Å²) in [4.78, 5) is 12.5. The first-order valence-electron chi connectivity index (χ1n) is 8.87. The molecule has 0 aliphatic heterocycles. The zero-order valence-corrected chi connectivity index (χ0v) is 17.2. The number of benzene rings is 2. The molecular formula is C19H25N3O5S. The topological polar surface area (TPSA) is 102 Å². The highest BCUT2D eigenvalue weighted by atomic mass is 32.2. The van der Waals surface area contributed by atoms with Crippen LogP contribution in [-0.4, -0.2) is 33.0 Å². The summed E-state index contributed by atoms with van der Waals surface area (Å²) in [6, 6.07) is 11.1. The molecule has 0 heterocycles. The van der Waals surface area contributed by atoms with Crippen molar-refractivity contribution in [2.24, 2.45) is 0 Å². The van der Waals surface area contributed by atoms with Crippen LogP contribution >= 0.6 is 0 Å². The van der Waals surface area contributed by atoms with Crippen molar-refractivity contribution in [2.75, 3.05) is 18.6 Å². The number of hydrogen-bond donors (Lipinski definition) is 1. The minimum Gasteiger partial charge on any atom is -0.494 e. The van der Waals surface area contributed by atoms with E-state index < -0.39 is 14.9 Å². The van der Waals surface area contributed by atoms with Gasteiger partial charge in [-0.2, -0.15) is 0 Å². The Morgan fingerprint density at radius 2 is 1.82 bits per heavy atom. The van der Waals surface area contributed by atoms with E-state index in [1.807, 2.05) is 31.2 Å². The highest BCUT2D eigenvalue weighted by Gasteiger charge is 2.23. The molecule has 0 spiro atoms. The van der Waals surface area contributed by atoms with Crippen LogP contribution in [0.2, 0.25) is 0 Å². The first-order valence-corrected chi connectivity index (χ1v) is 10.4. The number of nitrogens with zero attached hydrogens (tertiary/aromatic N) is 2. The predicted octanol–water partition coefficient (Wildman–Crippen LogP) is 3.32. The Morgan fingerprint density at radius 1 is 1.18 bits per heavy atom. The van der Waals surface area contributed by atoms with Crippen LogP contribution in [0.4, 0.5) is 11.4 Å². The lowest BCUT2D eigenvalue weighted by Crippen LogP contribution is -2.30. The molecule has 0 bridgehead atoms. The van der Waals surface area contributed by atoms with E-state index in [2.05, 4.69) is 4.72 Å². The Kier molecular flexibility index (Phi) is 6.98. The Balaban J connectivity index is 2.30. The SMILES string of the molecule is CCOc1ccc(CN(C)c2ccc(S(=O)(=O)NC(C)C)cc2[N+](=O)[O-])cc1. The Bertz CT molecular complexity index is 927. The van der Waals surface area contributed by atoms with E-state index in [0.717, 1.165) is 17.4 Å². The third kappa shape index (κ3) is 5.43. The smallest absolute Gasteiger partial charge is 0.293 e. The molecule has 0 aliphatic carbocycles. The van der Waals surface area contributed by atoms with Crippen LogP contribution in [0.5, 0.6) is 5.75 Å². The first-order chi connectivity index (χ1) is 13.1. The fourth-order valence-electron chi connectivity index (χ4n) is 2.73. The van der Waals surface area contributed by atoms with Crippen LogP contribution < -0.4 is 14.4 Å². The molecule has 0 fully saturated rings. The van der Waals surface area contributed by atoms with Gasteiger partial charge in [-0.1, -0.05) is 12.1 Å². The third-order valence-corrected chi connectivity index (χ3v) is 5.57. The zero-order valence-electron chi connectivity index (χ0n) is 16.4. The maximum absolute atomic E-state index is 12.3. The maximum Gasteiger partial charge on any atom is 0.293 e. The summed E-state index contributed by atoms with van der Waals surface area (Å²) < 4.78 is 32.5. The summed E-state index contributed by atoms with van der Waals surface area (Å²) in [7, 11) is -2.09. The predicted molar refractivity (Wildman–Crippen MR) is 108 cm³/mol. The Hall–Kier alpha value is -2.65. The summed E-state index contributed by atoms with van der Waals surface area (Å²) >= 11 is 0. The number of sulfonamides is 1. The minimum absolute atomic E-state index is 0.133. The summed E-state index contributed by atoms with van der Waals surface area (Å²) in [5.41, 5.74) is 1.01. The summed E-state index contributed by atoms with van der Waals surface area (Å²) in [6.07, 6.45) is 0. The minimum atomic E-state index is -3.81. The van der Waals surface area contributed by atoms with Gasteiger partial charge in [0.1, 0.15) is 11.4 Å². The lowest BCUT2D eigenvalue weighted by atomic mass is 10.2. The number of nitro groups is 1. The van der Waals surface area contributed by atoms with Gasteiger partial charge in [0.2, 0.25) is 10.0 Å². The Labute approximate surface area is 165 Å². The van der Waals surface area contributed by atoms with Crippen molar-refractivity contribution in [3.63, 3.8) is 0 Å². The molecule has 2 rings (SSSR count). The lowest BCUT2D eigenvalue weighted by Gasteiger charge is -2.20. The average Bonchev–Trinajstić information content (AvgIpc) is 2.62. The zero-order chi connectivity index (χ0) is 20.9. The van der Waals surface area contributed by atoms with E-state index in [0.29, 0.717) is 18.8 Å². The standard InChI is InChI=1S/C19H25N3O5S/c1-5-27-16-8-6-15(7-9-16)13-21(4)18-11-10-17(12-19(18)22(23)24)28(25,26)20-14(2)3/h6-12,14,20H,5,13H2,1-4H3. The van der Waals surface area contributed by atoms with Gasteiger partial charge in [0.25, 0.3) is 5.69 Å². The van der Waals surface area contributed by atoms with Gasteiger partial charge in [-0.05, 0) is 50.6 Å². The van der Waals surface area contributed by atoms with Crippen molar-refractivity contribution in [2.45, 2.75) is 38.3 Å². The van der Waals surface area contributed by atoms with Gasteiger partial charge in [-0.3, -0.25) is 10.1 Å². The van der Waals surface area contributed by atoms with Crippen molar-refractivity contribution in [1.29, 1.82) is 0 Å². The molecule has 0 aliphatic rings. The van der Waals surface area contributed by atoms with Crippen molar-refractivity contribution in [1.82, 2.24) is 4.72 Å². The number of nitro benzene ring substituents is 1. The molecule has 0 atom stereocenters. The number of anilines is 1. The molecule has 28 heavy (non-hydrogen) atoms. The van der Waals surface area contributed by atoms with Crippen LogP contribution in [0, 0.1) is 10.1 Å². The quantitative estimate of drug-likeness (QED) is 0.505. The van der Waals surface area contributed by atoms with Gasteiger partial charge in [-0.15, -0.1) is 0 Å². The maximum atomic E-state index is 12.3. The fourth-order valence-corrected chi connectivity index (χ4v) is 4.01. The molecule has 2 aromatic carbocycles. The fraction of sp³-hybridized carbons (Fsp3) is 0.368. The van der Waals surface area contributed by atoms with Crippen LogP contribution in [0.25, 0.3) is 0 Å². The lowest BCUT2D eigenvalue weighted by molar-refractivity contribution is -0.384. The molecule has 152 valence electrons. The number of hydrogen-bond acceptors (Lipinski definition) is 6. The van der Waals surface area contributed by atoms with Gasteiger partial charge in [0.05, 0.1) is 16.4 Å². The normalized spacial score (nSPS) is 11.5. The molecule has 0 unspecified atom stereocenters. The highest BCUT2D eigenvalue weighted by Crippen LogP contribution is 2.31. The van der Waals surface area contributed by atoms with Crippen LogP contribution in [-0.2, 0) is 16.6 Å². The van der Waals surface area contributed by atoms with Crippen molar-refractivity contribution in [3.05, 3.63) is 58.1 Å². The van der Waals surface area contributed by atoms with Gasteiger partial charge in [-0.25, -0.2) is 13.1 Å². The molecule has 0 saturated carbocycles. The second-order valence-corrected chi connectivity index (χ2v) is 8.33. The molecule has 2 aromatic rings. The molecule has 1 N–H and O–H groups in total. The van der Waals surface area contributed by atoms with Crippen molar-refractivity contribution >= 4 is 21.4 Å². The van der Waals surface area contributed by atoms with Gasteiger partial charge in [0, 0.05) is 25.7 Å². The molecule has 0 amide bonds. The van der Waals surface area contributed by atoms with Crippen LogP contribution in [0.15, 0.2) is 47.4 Å². The molecule has 8 nitrogen and oxygen atoms in total. The van der Waals surface area contributed by atoms with E-state index in [4.69, 9.17) is 4.74 Å². The van der Waals surface area contributed by atoms with E-state index >= 15 is 0 Å². The summed E-state index contributed by atoms with van der Waals surface area (Å²) in [5, 5.41) is 11.5. The Morgan fingerprint density at radius 3 is 2.36 bits per heavy atom. The first kappa shape index (κ1) is 21.6. The highest BCUT2D eigenvalue weighted by molar-refractivity contribution is 7.89. The van der Waals surface area contributed by atoms with E-state index in [-0.39, 0.29) is 16.6 Å². The average molecular weight is 407 g/mol. The number of ether oxygens (including phenoxy) is 1. The molecular weight excluding hydrogens is 382 g/mol. The van der Waals surface area contributed by atoms with E-state index in [1.54, 1.807) is 25.8 Å². The van der Waals surface area contributed by atoms with Gasteiger partial charge in [0.15, 0.2) is 0 Å². The van der Waals surface area contributed by atoms with Crippen LogP contribution in [0.1, 0.15) is 26.3 Å². The van der Waals surface area contributed by atoms with Gasteiger partial charge < -0.3 is 9.64 Å². The van der Waals surface area contributed by atoms with Gasteiger partial charge >= 0.3 is 0 Å². The van der Waals surface area contributed by atoms with Crippen molar-refractivity contribution in [3.8, 4) is 5.75 Å². The molecule has 0 aromatic heterocycles. The second kappa shape index (κ2) is 9.03. The number of rotatable bonds is 9. The number of nitrogens with one attached hydrogen (secondary N) is 1. The van der Waals surface area contributed by atoms with E-state index in [9.17, 15) is 18.5 Å². The van der Waals surface area contributed by atoms with E-state index in [1.165, 1.54) is 12.1 Å². The molecule has 9 heteroatoms. The van der Waals surface area contributed by atoms with Crippen molar-refractivity contribution < 1.29 is 18.1 Å². The third-order valence-electron chi connectivity index (χ3n) is 3.91.